The molecule has 0 heterocycles. The first-order valence-corrected chi connectivity index (χ1v) is 6.52. The molecule has 0 saturated heterocycles. The number of nitrogens with one attached hydrogen (secondary N) is 1. The number of amides is 2. The average Bonchev–Trinajstić information content (AvgIpc) is 2.38. The lowest BCUT2D eigenvalue weighted by atomic mass is 10.1. The summed E-state index contributed by atoms with van der Waals surface area (Å²) in [7, 11) is 0. The van der Waals surface area contributed by atoms with Crippen LogP contribution >= 0.6 is 15.9 Å². The monoisotopic (exact) mass is 333 g/mol. The molecule has 2 aromatic rings. The molecule has 5 nitrogen and oxygen atoms in total. The van der Waals surface area contributed by atoms with Gasteiger partial charge in [0.1, 0.15) is 0 Å². The van der Waals surface area contributed by atoms with E-state index in [1.165, 1.54) is 0 Å². The molecule has 0 fully saturated rings. The molecule has 0 saturated carbocycles. The van der Waals surface area contributed by atoms with Gasteiger partial charge in [-0.2, -0.15) is 0 Å². The van der Waals surface area contributed by atoms with Gasteiger partial charge < -0.3 is 16.8 Å². The van der Waals surface area contributed by atoms with Crippen LogP contribution in [0, 0.1) is 0 Å². The number of hydrogen-bond donors (Lipinski definition) is 3. The molecule has 0 radical (unpaired) electrons. The van der Waals surface area contributed by atoms with E-state index in [4.69, 9.17) is 11.5 Å². The van der Waals surface area contributed by atoms with Gasteiger partial charge in [-0.1, -0.05) is 15.9 Å². The smallest absolute Gasteiger partial charge is 0.255 e. The van der Waals surface area contributed by atoms with Crippen LogP contribution < -0.4 is 16.8 Å². The van der Waals surface area contributed by atoms with Crippen molar-refractivity contribution < 1.29 is 9.59 Å². The van der Waals surface area contributed by atoms with E-state index in [9.17, 15) is 9.59 Å². The second-order valence-electron chi connectivity index (χ2n) is 4.17. The average molecular weight is 334 g/mol. The predicted octanol–water partition coefficient (Wildman–Crippen LogP) is 2.38. The molecule has 102 valence electrons. The molecule has 0 unspecified atom stereocenters. The molecular formula is C14H12BrN3O2. The summed E-state index contributed by atoms with van der Waals surface area (Å²) in [5, 5.41) is 2.71. The summed E-state index contributed by atoms with van der Waals surface area (Å²) < 4.78 is 0.728. The molecule has 0 spiro atoms. The predicted molar refractivity (Wildman–Crippen MR) is 81.5 cm³/mol. The van der Waals surface area contributed by atoms with Gasteiger partial charge >= 0.3 is 0 Å². The fourth-order valence-electron chi connectivity index (χ4n) is 1.66. The summed E-state index contributed by atoms with van der Waals surface area (Å²) in [5.74, 6) is -0.799. The summed E-state index contributed by atoms with van der Waals surface area (Å²) in [6.07, 6.45) is 0. The second-order valence-corrected chi connectivity index (χ2v) is 5.08. The Morgan fingerprint density at radius 1 is 1.00 bits per heavy atom. The van der Waals surface area contributed by atoms with E-state index in [-0.39, 0.29) is 5.91 Å². The minimum absolute atomic E-state index is 0.287. The van der Waals surface area contributed by atoms with Crippen molar-refractivity contribution in [3.63, 3.8) is 0 Å². The molecule has 20 heavy (non-hydrogen) atoms. The Labute approximate surface area is 124 Å². The van der Waals surface area contributed by atoms with Gasteiger partial charge in [0.05, 0.1) is 0 Å². The maximum absolute atomic E-state index is 12.1. The van der Waals surface area contributed by atoms with Crippen LogP contribution in [-0.2, 0) is 0 Å². The van der Waals surface area contributed by atoms with Crippen LogP contribution in [0.5, 0.6) is 0 Å². The topological polar surface area (TPSA) is 98.2 Å². The zero-order valence-corrected chi connectivity index (χ0v) is 12.0. The lowest BCUT2D eigenvalue weighted by Crippen LogP contribution is -2.13. The Kier molecular flexibility index (Phi) is 4.05. The highest BCUT2D eigenvalue weighted by Gasteiger charge is 2.08. The van der Waals surface area contributed by atoms with Crippen LogP contribution in [0.15, 0.2) is 46.9 Å². The van der Waals surface area contributed by atoms with Gasteiger partial charge in [0.15, 0.2) is 0 Å². The van der Waals surface area contributed by atoms with Gasteiger partial charge in [-0.05, 0) is 42.5 Å². The molecule has 2 amide bonds. The third kappa shape index (κ3) is 3.36. The van der Waals surface area contributed by atoms with Gasteiger partial charge in [0, 0.05) is 27.0 Å². The largest absolute Gasteiger partial charge is 0.399 e. The lowest BCUT2D eigenvalue weighted by Gasteiger charge is -2.07. The molecule has 2 rings (SSSR count). The molecular weight excluding hydrogens is 322 g/mol. The number of carbonyl (C=O) groups is 2. The highest BCUT2D eigenvalue weighted by molar-refractivity contribution is 9.10. The third-order valence-corrected chi connectivity index (χ3v) is 3.07. The Balaban J connectivity index is 2.16. The van der Waals surface area contributed by atoms with Crippen molar-refractivity contribution in [3.8, 4) is 0 Å². The Morgan fingerprint density at radius 2 is 1.65 bits per heavy atom. The van der Waals surface area contributed by atoms with Crippen LogP contribution in [0.1, 0.15) is 20.7 Å². The first-order chi connectivity index (χ1) is 9.45. The van der Waals surface area contributed by atoms with Crippen LogP contribution in [0.2, 0.25) is 0 Å². The first kappa shape index (κ1) is 14.1. The number of nitrogen functional groups attached to an aromatic ring is 1. The number of primary amides is 1. The summed E-state index contributed by atoms with van der Waals surface area (Å²) in [4.78, 5) is 23.0. The van der Waals surface area contributed by atoms with E-state index in [1.54, 1.807) is 42.5 Å². The second kappa shape index (κ2) is 5.75. The Hall–Kier alpha value is -2.34. The summed E-state index contributed by atoms with van der Waals surface area (Å²) in [5.41, 5.74) is 12.7. The van der Waals surface area contributed by atoms with Crippen molar-refractivity contribution in [2.75, 3.05) is 11.1 Å². The highest BCUT2D eigenvalue weighted by Crippen LogP contribution is 2.18. The molecule has 0 aliphatic carbocycles. The van der Waals surface area contributed by atoms with E-state index < -0.39 is 5.91 Å². The van der Waals surface area contributed by atoms with Crippen molar-refractivity contribution >= 4 is 39.1 Å². The van der Waals surface area contributed by atoms with Crippen molar-refractivity contribution in [2.45, 2.75) is 0 Å². The summed E-state index contributed by atoms with van der Waals surface area (Å²) in [6, 6.07) is 11.3. The number of hydrogen-bond acceptors (Lipinski definition) is 3. The standard InChI is InChI=1S/C14H12BrN3O2/c15-10-5-9(6-11(16)7-10)14(20)18-12-3-1-8(2-4-12)13(17)19/h1-7H,16H2,(H2,17,19)(H,18,20). The van der Waals surface area contributed by atoms with Crippen LogP contribution in [-0.4, -0.2) is 11.8 Å². The molecule has 5 N–H and O–H groups in total. The van der Waals surface area contributed by atoms with E-state index >= 15 is 0 Å². The highest BCUT2D eigenvalue weighted by atomic mass is 79.9. The van der Waals surface area contributed by atoms with E-state index in [0.717, 1.165) is 4.47 Å². The molecule has 0 bridgehead atoms. The number of benzene rings is 2. The minimum Gasteiger partial charge on any atom is -0.399 e. The van der Waals surface area contributed by atoms with Gasteiger partial charge in [-0.3, -0.25) is 9.59 Å². The van der Waals surface area contributed by atoms with Crippen molar-refractivity contribution in [1.82, 2.24) is 0 Å². The molecule has 0 atom stereocenters. The molecule has 6 heteroatoms. The Bertz CT molecular complexity index is 648. The molecule has 2 aromatic carbocycles. The van der Waals surface area contributed by atoms with E-state index in [0.29, 0.717) is 22.5 Å². The fourth-order valence-corrected chi connectivity index (χ4v) is 2.18. The number of anilines is 2. The van der Waals surface area contributed by atoms with Crippen LogP contribution in [0.4, 0.5) is 11.4 Å². The Morgan fingerprint density at radius 3 is 2.20 bits per heavy atom. The van der Waals surface area contributed by atoms with Crippen molar-refractivity contribution in [3.05, 3.63) is 58.1 Å². The summed E-state index contributed by atoms with van der Waals surface area (Å²) in [6.45, 7) is 0. The maximum atomic E-state index is 12.1. The van der Waals surface area contributed by atoms with E-state index in [1.807, 2.05) is 0 Å². The van der Waals surface area contributed by atoms with Gasteiger partial charge in [-0.15, -0.1) is 0 Å². The lowest BCUT2D eigenvalue weighted by molar-refractivity contribution is 0.0998. The van der Waals surface area contributed by atoms with E-state index in [2.05, 4.69) is 21.2 Å². The normalized spacial score (nSPS) is 10.1. The molecule has 0 aliphatic heterocycles. The first-order valence-electron chi connectivity index (χ1n) is 5.73. The van der Waals surface area contributed by atoms with Crippen LogP contribution in [0.3, 0.4) is 0 Å². The third-order valence-electron chi connectivity index (χ3n) is 2.61. The minimum atomic E-state index is -0.511. The van der Waals surface area contributed by atoms with Gasteiger partial charge in [-0.25, -0.2) is 0 Å². The quantitative estimate of drug-likeness (QED) is 0.752. The zero-order chi connectivity index (χ0) is 14.7. The van der Waals surface area contributed by atoms with Crippen LogP contribution in [0.25, 0.3) is 0 Å². The van der Waals surface area contributed by atoms with Gasteiger partial charge in [0.2, 0.25) is 5.91 Å². The van der Waals surface area contributed by atoms with Crippen molar-refractivity contribution in [1.29, 1.82) is 0 Å². The SMILES string of the molecule is NC(=O)c1ccc(NC(=O)c2cc(N)cc(Br)c2)cc1. The molecule has 0 aliphatic rings. The summed E-state index contributed by atoms with van der Waals surface area (Å²) >= 11 is 3.28. The zero-order valence-electron chi connectivity index (χ0n) is 10.4. The number of halogens is 1. The maximum Gasteiger partial charge on any atom is 0.255 e. The fraction of sp³-hybridized carbons (Fsp3) is 0. The van der Waals surface area contributed by atoms with Crippen molar-refractivity contribution in [2.24, 2.45) is 5.73 Å². The number of carbonyl (C=O) groups excluding carboxylic acids is 2. The van der Waals surface area contributed by atoms with Gasteiger partial charge in [0.25, 0.3) is 5.91 Å². The molecule has 0 aromatic heterocycles. The number of nitrogens with two attached hydrogens (primary N) is 2. The number of rotatable bonds is 3.